The van der Waals surface area contributed by atoms with Crippen molar-refractivity contribution in [3.63, 3.8) is 0 Å². The molecule has 0 aliphatic carbocycles. The number of hydrogen-bond acceptors (Lipinski definition) is 12. The quantitative estimate of drug-likeness (QED) is 0.0364. The highest BCUT2D eigenvalue weighted by Crippen LogP contribution is 2.53. The molecule has 0 saturated carbocycles. The molecule has 2 aromatic carbocycles. The van der Waals surface area contributed by atoms with Crippen LogP contribution >= 0.6 is 91.5 Å². The summed E-state index contributed by atoms with van der Waals surface area (Å²) < 4.78 is 117. The van der Waals surface area contributed by atoms with Crippen molar-refractivity contribution < 1.29 is 26.3 Å². The zero-order valence-electron chi connectivity index (χ0n) is 44.2. The average Bonchev–Trinajstić information content (AvgIpc) is 4.26. The summed E-state index contributed by atoms with van der Waals surface area (Å²) in [6, 6.07) is 16.3. The number of thiophene rings is 6. The fourth-order valence-corrected chi connectivity index (χ4v) is 27.4. The minimum Gasteiger partial charge on any atom is -0.206 e. The standard InChI is InChI=1S/C59H58F6N4S8Si/c1-7-12-15-16-19-35-34(61)25-41(71-35)37-21-23-39(73-37)47-51(63)53(65)49(57-55(47)67-77-69-57)43-27-45-59(75-43)58-44(78(45,28-31(10-4)17-13-8-2)29-32(11-5)18-14-9-3)26-42(74-58)48-52(64)50(62)46(54-56(48)68-76-66-54)38-22-20-36(72-38)40-24-33(60)30(6)70-40/h20-27,31-32H,7-19,28-29H2,1-6H3. The average molecular weight is 1220 g/mol. The number of fused-ring (bicyclic) bond motifs is 5. The van der Waals surface area contributed by atoms with E-state index < -0.39 is 31.3 Å². The van der Waals surface area contributed by atoms with Crippen LogP contribution < -0.4 is 10.4 Å². The molecule has 2 atom stereocenters. The van der Waals surface area contributed by atoms with Gasteiger partial charge in [-0.1, -0.05) is 105 Å². The Hall–Kier alpha value is -3.92. The molecule has 78 heavy (non-hydrogen) atoms. The number of hydrogen-bond donors (Lipinski definition) is 0. The lowest BCUT2D eigenvalue weighted by Crippen LogP contribution is -2.56. The first kappa shape index (κ1) is 56.0. The number of halogens is 6. The number of benzene rings is 2. The Morgan fingerprint density at radius 3 is 1.28 bits per heavy atom. The number of aromatic nitrogens is 4. The number of rotatable bonds is 23. The Morgan fingerprint density at radius 2 is 0.859 bits per heavy atom. The van der Waals surface area contributed by atoms with Gasteiger partial charge in [0.1, 0.15) is 41.8 Å². The van der Waals surface area contributed by atoms with Gasteiger partial charge in [0.2, 0.25) is 0 Å². The van der Waals surface area contributed by atoms with Gasteiger partial charge < -0.3 is 0 Å². The van der Waals surface area contributed by atoms with Crippen molar-refractivity contribution in [2.45, 2.75) is 137 Å². The molecule has 0 N–H and O–H groups in total. The predicted octanol–water partition coefficient (Wildman–Crippen LogP) is 21.3. The molecule has 0 amide bonds. The van der Waals surface area contributed by atoms with Gasteiger partial charge in [-0.3, -0.25) is 0 Å². The molecule has 408 valence electrons. The van der Waals surface area contributed by atoms with E-state index in [9.17, 15) is 4.39 Å². The molecule has 8 aromatic heterocycles. The summed E-state index contributed by atoms with van der Waals surface area (Å²) in [6.07, 6.45) is 13.2. The minimum atomic E-state index is -2.86. The molecule has 0 bridgehead atoms. The van der Waals surface area contributed by atoms with E-state index in [-0.39, 0.29) is 56.0 Å². The van der Waals surface area contributed by atoms with E-state index in [1.807, 2.05) is 12.1 Å². The van der Waals surface area contributed by atoms with Crippen molar-refractivity contribution in [3.8, 4) is 71.0 Å². The minimum absolute atomic E-state index is 0.0362. The van der Waals surface area contributed by atoms with Crippen LogP contribution in [0.15, 0.2) is 48.5 Å². The van der Waals surface area contributed by atoms with Gasteiger partial charge in [-0.05, 0) is 103 Å². The van der Waals surface area contributed by atoms with Crippen LogP contribution in [-0.2, 0) is 6.42 Å². The molecule has 0 radical (unpaired) electrons. The largest absolute Gasteiger partial charge is 0.206 e. The SMILES string of the molecule is CCCCCCc1sc(-c2ccc(-c3c(F)c(F)c(-c4cc5c(s4)-c4sc(-c6c(F)c(F)c(-c7ccc(-c8cc(F)c(C)s8)s7)c7nsnc67)cc4[Si]5(CC(CC)CCCC)CC(CC)CCCC)c4nsnc34)s2)cc1F. The van der Waals surface area contributed by atoms with Crippen molar-refractivity contribution in [2.75, 3.05) is 0 Å². The molecule has 9 heterocycles. The third kappa shape index (κ3) is 10.1. The van der Waals surface area contributed by atoms with Crippen molar-refractivity contribution in [1.29, 1.82) is 0 Å². The van der Waals surface area contributed by atoms with Gasteiger partial charge in [0.25, 0.3) is 0 Å². The van der Waals surface area contributed by atoms with E-state index in [4.69, 9.17) is 4.37 Å². The second-order valence-electron chi connectivity index (χ2n) is 20.7. The number of nitrogens with zero attached hydrogens (tertiary/aromatic N) is 4. The zero-order chi connectivity index (χ0) is 54.6. The summed E-state index contributed by atoms with van der Waals surface area (Å²) in [5.74, 6) is -3.77. The van der Waals surface area contributed by atoms with Gasteiger partial charge in [0, 0.05) is 58.5 Å². The van der Waals surface area contributed by atoms with E-state index in [1.54, 1.807) is 25.1 Å². The second kappa shape index (κ2) is 23.5. The molecule has 1 aliphatic heterocycles. The molecule has 1 aliphatic rings. The number of unbranched alkanes of at least 4 members (excludes halogenated alkanes) is 5. The summed E-state index contributed by atoms with van der Waals surface area (Å²) in [7, 11) is -2.86. The zero-order valence-corrected chi connectivity index (χ0v) is 51.7. The Balaban J connectivity index is 1.05. The summed E-state index contributed by atoms with van der Waals surface area (Å²) in [5.41, 5.74) is 1.35. The highest BCUT2D eigenvalue weighted by Gasteiger charge is 2.50. The second-order valence-corrected chi connectivity index (χ2v) is 32.5. The van der Waals surface area contributed by atoms with Crippen molar-refractivity contribution in [3.05, 3.63) is 93.2 Å². The summed E-state index contributed by atoms with van der Waals surface area (Å²) in [4.78, 5) is 8.29. The summed E-state index contributed by atoms with van der Waals surface area (Å²) in [5, 5.41) is 2.40. The fraction of sp³-hybridized carbons (Fsp3) is 0.390. The predicted molar refractivity (Wildman–Crippen MR) is 327 cm³/mol. The highest BCUT2D eigenvalue weighted by molar-refractivity contribution is 7.32. The monoisotopic (exact) mass is 1220 g/mol. The molecule has 0 spiro atoms. The highest BCUT2D eigenvalue weighted by atomic mass is 32.1. The van der Waals surface area contributed by atoms with Crippen LogP contribution in [0.25, 0.3) is 93.1 Å². The van der Waals surface area contributed by atoms with Crippen molar-refractivity contribution in [2.24, 2.45) is 11.8 Å². The molecule has 4 nitrogen and oxygen atoms in total. The summed E-state index contributed by atoms with van der Waals surface area (Å²) >= 11 is 9.98. The topological polar surface area (TPSA) is 51.6 Å². The normalized spacial score (nSPS) is 15.1. The van der Waals surface area contributed by atoms with Crippen LogP contribution in [0, 0.1) is 53.7 Å². The first-order valence-electron chi connectivity index (χ1n) is 27.1. The molecule has 0 saturated heterocycles. The third-order valence-electron chi connectivity index (χ3n) is 15.8. The molecule has 2 unspecified atom stereocenters. The maximum absolute atomic E-state index is 17.5. The van der Waals surface area contributed by atoms with Crippen LogP contribution in [0.2, 0.25) is 12.1 Å². The smallest absolute Gasteiger partial charge is 0.170 e. The van der Waals surface area contributed by atoms with E-state index in [0.29, 0.717) is 52.4 Å². The molecule has 10 aromatic rings. The van der Waals surface area contributed by atoms with E-state index >= 15 is 22.0 Å². The van der Waals surface area contributed by atoms with E-state index in [0.717, 1.165) is 137 Å². The van der Waals surface area contributed by atoms with Gasteiger partial charge in [0.05, 0.1) is 45.7 Å². The van der Waals surface area contributed by atoms with Gasteiger partial charge in [-0.25, -0.2) is 26.3 Å². The van der Waals surface area contributed by atoms with Crippen LogP contribution in [0.1, 0.15) is 121 Å². The van der Waals surface area contributed by atoms with E-state index in [1.165, 1.54) is 84.5 Å². The fourth-order valence-electron chi connectivity index (χ4n) is 11.6. The first-order valence-corrected chi connectivity index (χ1v) is 35.9. The van der Waals surface area contributed by atoms with Crippen LogP contribution in [0.4, 0.5) is 26.3 Å². The van der Waals surface area contributed by atoms with E-state index in [2.05, 4.69) is 59.9 Å². The van der Waals surface area contributed by atoms with Gasteiger partial charge in [0.15, 0.2) is 23.3 Å². The Morgan fingerprint density at radius 1 is 0.436 bits per heavy atom. The molecule has 11 rings (SSSR count). The van der Waals surface area contributed by atoms with Crippen LogP contribution in [0.5, 0.6) is 0 Å². The first-order chi connectivity index (χ1) is 37.8. The van der Waals surface area contributed by atoms with Gasteiger partial charge >= 0.3 is 0 Å². The lowest BCUT2D eigenvalue weighted by molar-refractivity contribution is 0.469. The lowest BCUT2D eigenvalue weighted by Gasteiger charge is -2.35. The van der Waals surface area contributed by atoms with Gasteiger partial charge in [-0.2, -0.15) is 17.5 Å². The van der Waals surface area contributed by atoms with Crippen molar-refractivity contribution in [1.82, 2.24) is 17.5 Å². The third-order valence-corrected chi connectivity index (χ3v) is 29.9. The maximum atomic E-state index is 17.5. The van der Waals surface area contributed by atoms with Crippen molar-refractivity contribution >= 4 is 132 Å². The summed E-state index contributed by atoms with van der Waals surface area (Å²) in [6.45, 7) is 12.8. The van der Waals surface area contributed by atoms with Gasteiger partial charge in [-0.15, -0.1) is 68.0 Å². The lowest BCUT2D eigenvalue weighted by atomic mass is 10.0. The molecular formula is C59H58F6N4S8Si. The molecular weight excluding hydrogens is 1160 g/mol. The molecule has 0 fully saturated rings. The Bertz CT molecular complexity index is 3760. The Kier molecular flexibility index (Phi) is 16.9. The number of aryl methyl sites for hydroxylation is 2. The molecule has 19 heteroatoms. The van der Waals surface area contributed by atoms with Crippen LogP contribution in [0.3, 0.4) is 0 Å². The van der Waals surface area contributed by atoms with Crippen LogP contribution in [-0.4, -0.2) is 25.6 Å². The maximum Gasteiger partial charge on any atom is 0.170 e. The Labute approximate surface area is 485 Å².